The highest BCUT2D eigenvalue weighted by atomic mass is 32.2. The summed E-state index contributed by atoms with van der Waals surface area (Å²) in [7, 11) is -2.20. The summed E-state index contributed by atoms with van der Waals surface area (Å²) < 4.78 is 38.6. The number of carbonyl (C=O) groups excluding carboxylic acids is 1. The van der Waals surface area contributed by atoms with Crippen LogP contribution in [0.5, 0.6) is 5.75 Å². The summed E-state index contributed by atoms with van der Waals surface area (Å²) in [6.45, 7) is 1.85. The molecule has 0 saturated heterocycles. The Balaban J connectivity index is 1.37. The lowest BCUT2D eigenvalue weighted by atomic mass is 10.2. The molecule has 2 N–H and O–H groups in total. The van der Waals surface area contributed by atoms with Crippen molar-refractivity contribution in [3.63, 3.8) is 0 Å². The van der Waals surface area contributed by atoms with Crippen LogP contribution < -0.4 is 14.8 Å². The second-order valence-corrected chi connectivity index (χ2v) is 9.34. The Bertz CT molecular complexity index is 1390. The average molecular weight is 477 g/mol. The molecule has 0 fully saturated rings. The Morgan fingerprint density at radius 2 is 1.71 bits per heavy atom. The molecule has 0 aliphatic heterocycles. The normalized spacial score (nSPS) is 12.5. The largest absolute Gasteiger partial charge is 0.497 e. The van der Waals surface area contributed by atoms with E-state index in [1.54, 1.807) is 49.6 Å². The van der Waals surface area contributed by atoms with Crippen LogP contribution in [0.1, 0.15) is 24.3 Å². The number of carbonyl (C=O) groups is 1. The van der Waals surface area contributed by atoms with E-state index in [-0.39, 0.29) is 16.8 Å². The van der Waals surface area contributed by atoms with Crippen LogP contribution >= 0.6 is 0 Å². The number of para-hydroxylation sites is 1. The summed E-state index contributed by atoms with van der Waals surface area (Å²) in [6, 6.07) is 22.1. The maximum absolute atomic E-state index is 12.6. The van der Waals surface area contributed by atoms with Crippen LogP contribution in [0.15, 0.2) is 94.3 Å². The standard InChI is InChI=1S/C26H24N2O5S/c1-18(25-17-20-5-3-4-6-24(20)33-25)27-26(29)16-9-19-7-14-23(15-8-19)34(30,31)28-21-10-12-22(32-2)13-11-21/h3-18,28H,1-2H3,(H,27,29)/b16-9+. The van der Waals surface area contributed by atoms with Gasteiger partial charge in [0.15, 0.2) is 0 Å². The van der Waals surface area contributed by atoms with E-state index in [9.17, 15) is 13.2 Å². The molecule has 1 atom stereocenters. The van der Waals surface area contributed by atoms with Gasteiger partial charge in [-0.1, -0.05) is 30.3 Å². The van der Waals surface area contributed by atoms with Crippen molar-refractivity contribution in [1.82, 2.24) is 5.32 Å². The third kappa shape index (κ3) is 5.47. The fraction of sp³-hybridized carbons (Fsp3) is 0.115. The van der Waals surface area contributed by atoms with Gasteiger partial charge in [0.2, 0.25) is 5.91 Å². The molecule has 8 heteroatoms. The third-order valence-electron chi connectivity index (χ3n) is 5.19. The Morgan fingerprint density at radius 3 is 2.38 bits per heavy atom. The van der Waals surface area contributed by atoms with Crippen molar-refractivity contribution in [2.24, 2.45) is 0 Å². The molecule has 0 spiro atoms. The second kappa shape index (κ2) is 9.84. The molecule has 174 valence electrons. The first-order valence-electron chi connectivity index (χ1n) is 10.6. The van der Waals surface area contributed by atoms with E-state index in [2.05, 4.69) is 10.0 Å². The Morgan fingerprint density at radius 1 is 1.00 bits per heavy atom. The van der Waals surface area contributed by atoms with Crippen LogP contribution in [-0.4, -0.2) is 21.4 Å². The van der Waals surface area contributed by atoms with Crippen LogP contribution in [0.4, 0.5) is 5.69 Å². The number of hydrogen-bond donors (Lipinski definition) is 2. The van der Waals surface area contributed by atoms with Gasteiger partial charge >= 0.3 is 0 Å². The molecule has 0 saturated carbocycles. The predicted molar refractivity (Wildman–Crippen MR) is 132 cm³/mol. The van der Waals surface area contributed by atoms with Gasteiger partial charge in [-0.15, -0.1) is 0 Å². The second-order valence-electron chi connectivity index (χ2n) is 7.65. The molecule has 7 nitrogen and oxygen atoms in total. The van der Waals surface area contributed by atoms with Crippen LogP contribution in [0.25, 0.3) is 17.0 Å². The number of amides is 1. The fourth-order valence-corrected chi connectivity index (χ4v) is 4.41. The zero-order valence-corrected chi connectivity index (χ0v) is 19.5. The number of furan rings is 1. The van der Waals surface area contributed by atoms with Crippen LogP contribution in [0.3, 0.4) is 0 Å². The molecular weight excluding hydrogens is 452 g/mol. The van der Waals surface area contributed by atoms with Crippen molar-refractivity contribution >= 4 is 38.7 Å². The van der Waals surface area contributed by atoms with E-state index in [0.717, 1.165) is 11.0 Å². The zero-order valence-electron chi connectivity index (χ0n) is 18.7. The van der Waals surface area contributed by atoms with Crippen LogP contribution in [0, 0.1) is 0 Å². The Kier molecular flexibility index (Phi) is 6.70. The maximum atomic E-state index is 12.6. The van der Waals surface area contributed by atoms with E-state index >= 15 is 0 Å². The van der Waals surface area contributed by atoms with Crippen LogP contribution in [-0.2, 0) is 14.8 Å². The number of anilines is 1. The van der Waals surface area contributed by atoms with Crippen molar-refractivity contribution in [3.8, 4) is 5.75 Å². The number of fused-ring (bicyclic) bond motifs is 1. The monoisotopic (exact) mass is 476 g/mol. The molecule has 1 amide bonds. The molecule has 0 bridgehead atoms. The lowest BCUT2D eigenvalue weighted by Crippen LogP contribution is -2.24. The van der Waals surface area contributed by atoms with Gasteiger partial charge in [0, 0.05) is 17.1 Å². The van der Waals surface area contributed by atoms with Gasteiger partial charge in [-0.05, 0) is 67.1 Å². The topological polar surface area (TPSA) is 97.6 Å². The number of methoxy groups -OCH3 is 1. The Labute approximate surface area is 198 Å². The van der Waals surface area contributed by atoms with Gasteiger partial charge in [-0.25, -0.2) is 8.42 Å². The molecule has 0 aliphatic carbocycles. The molecule has 1 heterocycles. The summed E-state index contributed by atoms with van der Waals surface area (Å²) in [6.07, 6.45) is 3.02. The van der Waals surface area contributed by atoms with Gasteiger partial charge in [-0.3, -0.25) is 9.52 Å². The van der Waals surface area contributed by atoms with Gasteiger partial charge in [-0.2, -0.15) is 0 Å². The summed E-state index contributed by atoms with van der Waals surface area (Å²) in [4.78, 5) is 12.5. The van der Waals surface area contributed by atoms with Crippen molar-refractivity contribution in [1.29, 1.82) is 0 Å². The van der Waals surface area contributed by atoms with E-state index in [0.29, 0.717) is 22.8 Å². The van der Waals surface area contributed by atoms with Gasteiger partial charge in [0.05, 0.1) is 18.0 Å². The number of benzene rings is 3. The van der Waals surface area contributed by atoms with Crippen molar-refractivity contribution < 1.29 is 22.4 Å². The number of rotatable bonds is 8. The summed E-state index contributed by atoms with van der Waals surface area (Å²) in [5.41, 5.74) is 1.89. The number of hydrogen-bond acceptors (Lipinski definition) is 5. The molecule has 4 rings (SSSR count). The number of sulfonamides is 1. The molecule has 0 radical (unpaired) electrons. The fourth-order valence-electron chi connectivity index (χ4n) is 3.35. The molecule has 4 aromatic rings. The lowest BCUT2D eigenvalue weighted by Gasteiger charge is -2.09. The molecule has 0 aliphatic rings. The zero-order chi connectivity index (χ0) is 24.1. The summed E-state index contributed by atoms with van der Waals surface area (Å²) in [5.74, 6) is 1.02. The van der Waals surface area contributed by atoms with Gasteiger partial charge in [0.25, 0.3) is 10.0 Å². The quantitative estimate of drug-likeness (QED) is 0.344. The molecule has 34 heavy (non-hydrogen) atoms. The predicted octanol–water partition coefficient (Wildman–Crippen LogP) is 5.13. The van der Waals surface area contributed by atoms with E-state index in [1.807, 2.05) is 37.3 Å². The molecule has 3 aromatic carbocycles. The van der Waals surface area contributed by atoms with E-state index in [4.69, 9.17) is 9.15 Å². The van der Waals surface area contributed by atoms with Crippen molar-refractivity contribution in [2.75, 3.05) is 11.8 Å². The minimum Gasteiger partial charge on any atom is -0.497 e. The minimum absolute atomic E-state index is 0.114. The Hall–Kier alpha value is -4.04. The highest BCUT2D eigenvalue weighted by Gasteiger charge is 2.15. The molecule has 1 aromatic heterocycles. The maximum Gasteiger partial charge on any atom is 0.261 e. The summed E-state index contributed by atoms with van der Waals surface area (Å²) >= 11 is 0. The average Bonchev–Trinajstić information content (AvgIpc) is 3.28. The van der Waals surface area contributed by atoms with E-state index < -0.39 is 10.0 Å². The molecular formula is C26H24N2O5S. The minimum atomic E-state index is -3.74. The first kappa shape index (κ1) is 23.1. The first-order chi connectivity index (χ1) is 16.3. The van der Waals surface area contributed by atoms with Crippen LogP contribution in [0.2, 0.25) is 0 Å². The van der Waals surface area contributed by atoms with E-state index in [1.165, 1.54) is 18.2 Å². The SMILES string of the molecule is COc1ccc(NS(=O)(=O)c2ccc(/C=C/C(=O)NC(C)c3cc4ccccc4o3)cc2)cc1. The highest BCUT2D eigenvalue weighted by Crippen LogP contribution is 2.24. The van der Waals surface area contributed by atoms with Gasteiger partial charge < -0.3 is 14.5 Å². The lowest BCUT2D eigenvalue weighted by molar-refractivity contribution is -0.117. The van der Waals surface area contributed by atoms with Gasteiger partial charge in [0.1, 0.15) is 17.1 Å². The highest BCUT2D eigenvalue weighted by molar-refractivity contribution is 7.92. The summed E-state index contributed by atoms with van der Waals surface area (Å²) in [5, 5.41) is 3.84. The molecule has 1 unspecified atom stereocenters. The van der Waals surface area contributed by atoms with Crippen molar-refractivity contribution in [2.45, 2.75) is 17.9 Å². The first-order valence-corrected chi connectivity index (χ1v) is 12.1. The number of nitrogens with one attached hydrogen (secondary N) is 2. The number of ether oxygens (including phenoxy) is 1. The third-order valence-corrected chi connectivity index (χ3v) is 6.59. The smallest absolute Gasteiger partial charge is 0.261 e. The van der Waals surface area contributed by atoms with Crippen molar-refractivity contribution in [3.05, 3.63) is 96.3 Å².